The molecule has 18 heavy (non-hydrogen) atoms. The van der Waals surface area contributed by atoms with E-state index >= 15 is 0 Å². The lowest BCUT2D eigenvalue weighted by atomic mass is 10.1. The Morgan fingerprint density at radius 3 is 2.61 bits per heavy atom. The summed E-state index contributed by atoms with van der Waals surface area (Å²) in [4.78, 5) is 29.8. The van der Waals surface area contributed by atoms with Crippen molar-refractivity contribution in [3.05, 3.63) is 34.5 Å². The average Bonchev–Trinajstić information content (AvgIpc) is 2.39. The fraction of sp³-hybridized carbons (Fsp3) is 0.231. The van der Waals surface area contributed by atoms with E-state index in [4.69, 9.17) is 4.74 Å². The molecule has 2 amide bonds. The number of carbonyl (C=O) groups excluding carboxylic acids is 2. The molecule has 2 heterocycles. The van der Waals surface area contributed by atoms with Crippen molar-refractivity contribution in [2.75, 3.05) is 6.61 Å². The summed E-state index contributed by atoms with van der Waals surface area (Å²) in [6.07, 6.45) is 3.03. The number of ether oxygens (including phenoxy) is 1. The second-order valence-electron chi connectivity index (χ2n) is 3.46. The Kier molecular flexibility index (Phi) is 3.32. The average molecular weight is 244 g/mol. The standard InChI is InChI=1S/C11H6N2O3.C2H6/c14-10-2-1-6-3-8-9(4-7(6)12-10)16-5-11(15)13-8;1-2/h1-4H,5H2;1-2H3. The molecule has 0 fully saturated rings. The van der Waals surface area contributed by atoms with E-state index in [2.05, 4.69) is 9.98 Å². The summed E-state index contributed by atoms with van der Waals surface area (Å²) < 4.78 is 5.20. The summed E-state index contributed by atoms with van der Waals surface area (Å²) in [7, 11) is 0. The molecule has 0 N–H and O–H groups in total. The predicted molar refractivity (Wildman–Crippen MR) is 64.6 cm³/mol. The van der Waals surface area contributed by atoms with E-state index in [1.54, 1.807) is 18.2 Å². The van der Waals surface area contributed by atoms with E-state index in [9.17, 15) is 9.59 Å². The van der Waals surface area contributed by atoms with E-state index < -0.39 is 0 Å². The van der Waals surface area contributed by atoms with Crippen LogP contribution in [0.1, 0.15) is 19.4 Å². The van der Waals surface area contributed by atoms with Crippen LogP contribution in [0.2, 0.25) is 0 Å². The van der Waals surface area contributed by atoms with Crippen LogP contribution in [0.5, 0.6) is 5.75 Å². The number of hydrogen-bond donors (Lipinski definition) is 0. The molecule has 0 spiro atoms. The number of hydrogen-bond acceptors (Lipinski definition) is 3. The van der Waals surface area contributed by atoms with Gasteiger partial charge in [-0.1, -0.05) is 13.8 Å². The lowest BCUT2D eigenvalue weighted by Gasteiger charge is -2.10. The minimum atomic E-state index is -0.305. The number of nitrogens with zero attached hydrogens (tertiary/aromatic N) is 2. The minimum Gasteiger partial charge on any atom is -0.481 e. The van der Waals surface area contributed by atoms with E-state index in [0.717, 1.165) is 5.56 Å². The lowest BCUT2D eigenvalue weighted by molar-refractivity contribution is -0.120. The summed E-state index contributed by atoms with van der Waals surface area (Å²) >= 11 is 0. The van der Waals surface area contributed by atoms with Crippen LogP contribution in [0.4, 0.5) is 0 Å². The Labute approximate surface area is 104 Å². The SMILES string of the molecule is CC.O=C1C=Cc2cc3c(cc2=N1)OCC(=O)N=3. The molecule has 92 valence electrons. The summed E-state index contributed by atoms with van der Waals surface area (Å²) in [5.74, 6) is -0.110. The maximum atomic E-state index is 11.1. The van der Waals surface area contributed by atoms with Crippen molar-refractivity contribution in [2.24, 2.45) is 9.98 Å². The van der Waals surface area contributed by atoms with Crippen LogP contribution in [-0.2, 0) is 9.59 Å². The first-order valence-corrected chi connectivity index (χ1v) is 5.71. The summed E-state index contributed by atoms with van der Waals surface area (Å²) in [5.41, 5.74) is 0.764. The van der Waals surface area contributed by atoms with Crippen molar-refractivity contribution in [1.82, 2.24) is 0 Å². The largest absolute Gasteiger partial charge is 0.481 e. The molecule has 2 aliphatic rings. The Hall–Kier alpha value is -2.30. The van der Waals surface area contributed by atoms with Gasteiger partial charge in [-0.2, -0.15) is 0 Å². The first kappa shape index (κ1) is 12.2. The molecule has 0 atom stereocenters. The van der Waals surface area contributed by atoms with Crippen LogP contribution < -0.4 is 15.5 Å². The van der Waals surface area contributed by atoms with E-state index in [1.807, 2.05) is 13.8 Å². The van der Waals surface area contributed by atoms with Gasteiger partial charge < -0.3 is 4.74 Å². The fourth-order valence-corrected chi connectivity index (χ4v) is 1.63. The molecular formula is C13H12N2O3. The van der Waals surface area contributed by atoms with Gasteiger partial charge in [0, 0.05) is 17.7 Å². The van der Waals surface area contributed by atoms with E-state index in [1.165, 1.54) is 6.08 Å². The van der Waals surface area contributed by atoms with Gasteiger partial charge in [0.1, 0.15) is 11.1 Å². The Morgan fingerprint density at radius 1 is 1.06 bits per heavy atom. The molecule has 1 aromatic carbocycles. The molecule has 0 saturated heterocycles. The number of fused-ring (bicyclic) bond motifs is 2. The van der Waals surface area contributed by atoms with Crippen molar-refractivity contribution in [1.29, 1.82) is 0 Å². The highest BCUT2D eigenvalue weighted by molar-refractivity contribution is 5.94. The smallest absolute Gasteiger partial charge is 0.284 e. The zero-order chi connectivity index (χ0) is 13.1. The third kappa shape index (κ3) is 2.20. The Balaban J connectivity index is 0.000000574. The van der Waals surface area contributed by atoms with Crippen LogP contribution in [-0.4, -0.2) is 18.4 Å². The van der Waals surface area contributed by atoms with Gasteiger partial charge in [0.2, 0.25) is 0 Å². The van der Waals surface area contributed by atoms with Gasteiger partial charge in [-0.05, 0) is 12.1 Å². The van der Waals surface area contributed by atoms with Gasteiger partial charge in [-0.3, -0.25) is 9.59 Å². The van der Waals surface area contributed by atoms with Gasteiger partial charge in [0.15, 0.2) is 6.61 Å². The number of carbonyl (C=O) groups is 2. The van der Waals surface area contributed by atoms with Crippen LogP contribution in [0, 0.1) is 0 Å². The normalized spacial score (nSPS) is 15.2. The molecule has 3 rings (SSSR count). The first-order valence-electron chi connectivity index (χ1n) is 5.71. The fourth-order valence-electron chi connectivity index (χ4n) is 1.63. The molecule has 1 aromatic rings. The maximum absolute atomic E-state index is 11.1. The van der Waals surface area contributed by atoms with Crippen molar-refractivity contribution in [3.8, 4) is 5.75 Å². The van der Waals surface area contributed by atoms with Crippen molar-refractivity contribution in [2.45, 2.75) is 13.8 Å². The van der Waals surface area contributed by atoms with Crippen LogP contribution in [0.3, 0.4) is 0 Å². The number of amides is 2. The molecule has 0 saturated carbocycles. The molecule has 5 heteroatoms. The predicted octanol–water partition coefficient (Wildman–Crippen LogP) is 0.424. The van der Waals surface area contributed by atoms with E-state index in [-0.39, 0.29) is 18.4 Å². The highest BCUT2D eigenvalue weighted by atomic mass is 16.5. The summed E-state index contributed by atoms with van der Waals surface area (Å²) in [5, 5.41) is 1.04. The lowest BCUT2D eigenvalue weighted by Crippen LogP contribution is -2.27. The second-order valence-corrected chi connectivity index (χ2v) is 3.46. The zero-order valence-corrected chi connectivity index (χ0v) is 10.1. The molecule has 0 aromatic heterocycles. The highest BCUT2D eigenvalue weighted by Gasteiger charge is 2.13. The van der Waals surface area contributed by atoms with Gasteiger partial charge in [0.25, 0.3) is 11.8 Å². The molecular weight excluding hydrogens is 232 g/mol. The minimum absolute atomic E-state index is 0.0599. The monoisotopic (exact) mass is 244 g/mol. The molecule has 0 unspecified atom stereocenters. The van der Waals surface area contributed by atoms with Crippen molar-refractivity contribution >= 4 is 17.9 Å². The van der Waals surface area contributed by atoms with Crippen LogP contribution in [0.15, 0.2) is 28.2 Å². The number of rotatable bonds is 0. The quantitative estimate of drug-likeness (QED) is 0.664. The first-order chi connectivity index (χ1) is 8.72. The molecule has 5 nitrogen and oxygen atoms in total. The molecule has 0 radical (unpaired) electrons. The Bertz CT molecular complexity index is 660. The van der Waals surface area contributed by atoms with Gasteiger partial charge >= 0.3 is 0 Å². The number of benzene rings is 1. The Morgan fingerprint density at radius 2 is 1.83 bits per heavy atom. The van der Waals surface area contributed by atoms with Crippen LogP contribution in [0.25, 0.3) is 6.08 Å². The molecule has 0 bridgehead atoms. The maximum Gasteiger partial charge on any atom is 0.284 e. The summed E-state index contributed by atoms with van der Waals surface area (Å²) in [6, 6.07) is 3.32. The zero-order valence-electron chi connectivity index (χ0n) is 10.1. The van der Waals surface area contributed by atoms with E-state index in [0.29, 0.717) is 16.5 Å². The third-order valence-electron chi connectivity index (χ3n) is 2.34. The topological polar surface area (TPSA) is 68.1 Å². The van der Waals surface area contributed by atoms with Crippen molar-refractivity contribution < 1.29 is 14.3 Å². The molecule has 2 aliphatic heterocycles. The van der Waals surface area contributed by atoms with Gasteiger partial charge in [-0.15, -0.1) is 0 Å². The summed E-state index contributed by atoms with van der Waals surface area (Å²) in [6.45, 7) is 3.94. The van der Waals surface area contributed by atoms with Gasteiger partial charge in [0.05, 0.1) is 5.36 Å². The highest BCUT2D eigenvalue weighted by Crippen LogP contribution is 2.08. The van der Waals surface area contributed by atoms with Crippen molar-refractivity contribution in [3.63, 3.8) is 0 Å². The molecule has 0 aliphatic carbocycles. The third-order valence-corrected chi connectivity index (χ3v) is 2.34. The van der Waals surface area contributed by atoms with Gasteiger partial charge in [-0.25, -0.2) is 9.98 Å². The second kappa shape index (κ2) is 4.91. The van der Waals surface area contributed by atoms with Crippen LogP contribution >= 0.6 is 0 Å².